The number of furan rings is 1. The zero-order chi connectivity index (χ0) is 16.9. The van der Waals surface area contributed by atoms with Gasteiger partial charge in [0.1, 0.15) is 5.76 Å². The van der Waals surface area contributed by atoms with Gasteiger partial charge in [-0.15, -0.1) is 0 Å². The van der Waals surface area contributed by atoms with E-state index in [0.29, 0.717) is 23.2 Å². The maximum atomic E-state index is 12.6. The first-order chi connectivity index (χ1) is 11.7. The summed E-state index contributed by atoms with van der Waals surface area (Å²) in [7, 11) is 0. The van der Waals surface area contributed by atoms with Gasteiger partial charge < -0.3 is 9.73 Å². The van der Waals surface area contributed by atoms with E-state index in [-0.39, 0.29) is 11.7 Å². The number of carbonyl (C=O) groups excluding carboxylic acids is 2. The number of aldehydes is 1. The number of carbonyl (C=O) groups is 2. The summed E-state index contributed by atoms with van der Waals surface area (Å²) in [5.41, 5.74) is 3.09. The highest BCUT2D eigenvalue weighted by atomic mass is 16.3. The predicted octanol–water partition coefficient (Wildman–Crippen LogP) is 4.57. The summed E-state index contributed by atoms with van der Waals surface area (Å²) in [4.78, 5) is 23.4. The van der Waals surface area contributed by atoms with Crippen LogP contribution in [-0.2, 0) is 6.42 Å². The highest BCUT2D eigenvalue weighted by Gasteiger charge is 2.15. The van der Waals surface area contributed by atoms with Crippen molar-refractivity contribution in [3.8, 4) is 11.3 Å². The van der Waals surface area contributed by atoms with Crippen LogP contribution in [0.25, 0.3) is 11.3 Å². The minimum absolute atomic E-state index is 0.223. The van der Waals surface area contributed by atoms with Gasteiger partial charge in [-0.05, 0) is 42.3 Å². The minimum Gasteiger partial charge on any atom is -0.453 e. The second-order valence-corrected chi connectivity index (χ2v) is 5.37. The topological polar surface area (TPSA) is 59.3 Å². The monoisotopic (exact) mass is 319 g/mol. The van der Waals surface area contributed by atoms with Crippen LogP contribution in [0, 0.1) is 0 Å². The van der Waals surface area contributed by atoms with E-state index in [0.717, 1.165) is 12.1 Å². The fraction of sp³-hybridized carbons (Fsp3) is 0.100. The molecule has 0 bridgehead atoms. The van der Waals surface area contributed by atoms with Crippen molar-refractivity contribution in [2.75, 3.05) is 5.32 Å². The van der Waals surface area contributed by atoms with Crippen LogP contribution in [0.3, 0.4) is 0 Å². The van der Waals surface area contributed by atoms with Gasteiger partial charge >= 0.3 is 0 Å². The third kappa shape index (κ3) is 3.27. The first-order valence-corrected chi connectivity index (χ1v) is 7.76. The number of amides is 1. The molecule has 0 spiro atoms. The van der Waals surface area contributed by atoms with Crippen LogP contribution in [-0.4, -0.2) is 12.2 Å². The Labute approximate surface area is 140 Å². The number of aryl methyl sites for hydroxylation is 1. The molecule has 0 fully saturated rings. The summed E-state index contributed by atoms with van der Waals surface area (Å²) in [6.07, 6.45) is 1.59. The lowest BCUT2D eigenvalue weighted by Crippen LogP contribution is -2.13. The Morgan fingerprint density at radius 3 is 2.46 bits per heavy atom. The van der Waals surface area contributed by atoms with E-state index in [2.05, 4.69) is 12.2 Å². The van der Waals surface area contributed by atoms with Crippen molar-refractivity contribution in [1.82, 2.24) is 0 Å². The molecule has 2 aromatic carbocycles. The lowest BCUT2D eigenvalue weighted by atomic mass is 10.0. The van der Waals surface area contributed by atoms with E-state index in [1.165, 1.54) is 5.56 Å². The Morgan fingerprint density at radius 1 is 1.04 bits per heavy atom. The van der Waals surface area contributed by atoms with Crippen LogP contribution in [0.1, 0.15) is 33.4 Å². The average Bonchev–Trinajstić information content (AvgIpc) is 3.11. The van der Waals surface area contributed by atoms with Crippen molar-refractivity contribution in [3.05, 3.63) is 77.6 Å². The molecule has 0 unspecified atom stereocenters. The zero-order valence-electron chi connectivity index (χ0n) is 13.3. The number of rotatable bonds is 5. The van der Waals surface area contributed by atoms with Crippen molar-refractivity contribution >= 4 is 17.9 Å². The quantitative estimate of drug-likeness (QED) is 0.701. The molecule has 1 heterocycles. The zero-order valence-corrected chi connectivity index (χ0v) is 13.3. The number of benzene rings is 2. The maximum absolute atomic E-state index is 12.6. The molecule has 1 aromatic heterocycles. The molecule has 0 aliphatic carbocycles. The van der Waals surface area contributed by atoms with E-state index < -0.39 is 0 Å². The second-order valence-electron chi connectivity index (χ2n) is 5.37. The van der Waals surface area contributed by atoms with E-state index in [1.807, 2.05) is 30.3 Å². The number of hydrogen-bond acceptors (Lipinski definition) is 3. The molecule has 0 aliphatic heterocycles. The first kappa shape index (κ1) is 15.7. The molecule has 3 rings (SSSR count). The smallest absolute Gasteiger partial charge is 0.256 e. The minimum atomic E-state index is -0.223. The molecule has 24 heavy (non-hydrogen) atoms. The fourth-order valence-electron chi connectivity index (χ4n) is 2.48. The van der Waals surface area contributed by atoms with Crippen LogP contribution in [0.15, 0.2) is 65.1 Å². The predicted molar refractivity (Wildman–Crippen MR) is 93.3 cm³/mol. The lowest BCUT2D eigenvalue weighted by Gasteiger charge is -2.09. The number of anilines is 1. The van der Waals surface area contributed by atoms with Crippen LogP contribution < -0.4 is 5.32 Å². The van der Waals surface area contributed by atoms with Gasteiger partial charge in [0.15, 0.2) is 12.0 Å². The molecular formula is C20H17NO3. The van der Waals surface area contributed by atoms with Gasteiger partial charge in [-0.3, -0.25) is 9.59 Å². The van der Waals surface area contributed by atoms with Crippen LogP contribution >= 0.6 is 0 Å². The van der Waals surface area contributed by atoms with Crippen molar-refractivity contribution in [1.29, 1.82) is 0 Å². The third-order valence-electron chi connectivity index (χ3n) is 3.80. The normalized spacial score (nSPS) is 10.4. The molecule has 0 saturated heterocycles. The fourth-order valence-corrected chi connectivity index (χ4v) is 2.48. The summed E-state index contributed by atoms with van der Waals surface area (Å²) in [5, 5.41) is 2.89. The van der Waals surface area contributed by atoms with Gasteiger partial charge in [0, 0.05) is 11.3 Å². The molecule has 0 aliphatic rings. The molecule has 1 N–H and O–H groups in total. The molecule has 4 nitrogen and oxygen atoms in total. The van der Waals surface area contributed by atoms with E-state index in [9.17, 15) is 9.59 Å². The summed E-state index contributed by atoms with van der Waals surface area (Å²) < 4.78 is 5.44. The van der Waals surface area contributed by atoms with E-state index in [1.54, 1.807) is 30.3 Å². The van der Waals surface area contributed by atoms with Gasteiger partial charge in [0.05, 0.1) is 5.56 Å². The first-order valence-electron chi connectivity index (χ1n) is 7.76. The van der Waals surface area contributed by atoms with Crippen LogP contribution in [0.2, 0.25) is 0 Å². The Balaban J connectivity index is 1.88. The number of hydrogen-bond donors (Lipinski definition) is 1. The summed E-state index contributed by atoms with van der Waals surface area (Å²) >= 11 is 0. The van der Waals surface area contributed by atoms with Gasteiger partial charge in [-0.2, -0.15) is 0 Å². The van der Waals surface area contributed by atoms with Gasteiger partial charge in [0.2, 0.25) is 0 Å². The Morgan fingerprint density at radius 2 is 1.79 bits per heavy atom. The van der Waals surface area contributed by atoms with Crippen molar-refractivity contribution in [3.63, 3.8) is 0 Å². The SMILES string of the molecule is CCc1ccc(NC(=O)c2ccccc2-c2ccc(C=O)o2)cc1. The molecule has 1 amide bonds. The largest absolute Gasteiger partial charge is 0.453 e. The van der Waals surface area contributed by atoms with Crippen molar-refractivity contribution < 1.29 is 14.0 Å². The summed E-state index contributed by atoms with van der Waals surface area (Å²) in [6, 6.07) is 18.2. The summed E-state index contributed by atoms with van der Waals surface area (Å²) in [6.45, 7) is 2.08. The Hall–Kier alpha value is -3.14. The molecule has 120 valence electrons. The molecule has 0 atom stereocenters. The Bertz CT molecular complexity index is 863. The second kappa shape index (κ2) is 6.96. The van der Waals surface area contributed by atoms with E-state index in [4.69, 9.17) is 4.42 Å². The van der Waals surface area contributed by atoms with Crippen LogP contribution in [0.4, 0.5) is 5.69 Å². The van der Waals surface area contributed by atoms with Crippen LogP contribution in [0.5, 0.6) is 0 Å². The van der Waals surface area contributed by atoms with Crippen molar-refractivity contribution in [2.45, 2.75) is 13.3 Å². The molecular weight excluding hydrogens is 302 g/mol. The number of nitrogens with one attached hydrogen (secondary N) is 1. The van der Waals surface area contributed by atoms with Gasteiger partial charge in [-0.25, -0.2) is 0 Å². The summed E-state index contributed by atoms with van der Waals surface area (Å²) in [5.74, 6) is 0.499. The standard InChI is InChI=1S/C20H17NO3/c1-2-14-7-9-15(10-8-14)21-20(23)18-6-4-3-5-17(18)19-12-11-16(13-22)24-19/h3-13H,2H2,1H3,(H,21,23). The average molecular weight is 319 g/mol. The van der Waals surface area contributed by atoms with E-state index >= 15 is 0 Å². The third-order valence-corrected chi connectivity index (χ3v) is 3.80. The highest BCUT2D eigenvalue weighted by molar-refractivity contribution is 6.08. The molecule has 0 radical (unpaired) electrons. The maximum Gasteiger partial charge on any atom is 0.256 e. The molecule has 0 saturated carbocycles. The van der Waals surface area contributed by atoms with Gasteiger partial charge in [0.25, 0.3) is 5.91 Å². The molecule has 4 heteroatoms. The lowest BCUT2D eigenvalue weighted by molar-refractivity contribution is 0.102. The Kier molecular flexibility index (Phi) is 4.57. The highest BCUT2D eigenvalue weighted by Crippen LogP contribution is 2.26. The molecule has 3 aromatic rings. The van der Waals surface area contributed by atoms with Crippen molar-refractivity contribution in [2.24, 2.45) is 0 Å². The van der Waals surface area contributed by atoms with Gasteiger partial charge in [-0.1, -0.05) is 37.3 Å².